The van der Waals surface area contributed by atoms with Crippen LogP contribution >= 0.6 is 0 Å². The van der Waals surface area contributed by atoms with Crippen molar-refractivity contribution in [3.05, 3.63) is 38.2 Å². The number of rotatable bonds is 4. The summed E-state index contributed by atoms with van der Waals surface area (Å²) in [5, 5.41) is 2.51. The van der Waals surface area contributed by atoms with Crippen LogP contribution in [0.2, 0.25) is 0 Å². The van der Waals surface area contributed by atoms with E-state index >= 15 is 0 Å². The van der Waals surface area contributed by atoms with E-state index in [9.17, 15) is 9.59 Å². The Hall–Kier alpha value is -1.84. The van der Waals surface area contributed by atoms with Gasteiger partial charge >= 0.3 is 5.97 Å². The fraction of sp³-hybridized carbons (Fsp3) is 0.200. The van der Waals surface area contributed by atoms with E-state index in [-0.39, 0.29) is 11.9 Å². The Labute approximate surface area is 83.9 Å². The van der Waals surface area contributed by atoms with Gasteiger partial charge in [0.15, 0.2) is 0 Å². The maximum atomic E-state index is 10.3. The van der Waals surface area contributed by atoms with Crippen molar-refractivity contribution in [1.82, 2.24) is 5.32 Å². The predicted molar refractivity (Wildman–Crippen MR) is 55.4 cm³/mol. The van der Waals surface area contributed by atoms with Crippen LogP contribution in [-0.2, 0) is 14.3 Å². The van der Waals surface area contributed by atoms with Gasteiger partial charge in [-0.3, -0.25) is 9.59 Å². The molecule has 0 saturated heterocycles. The van der Waals surface area contributed by atoms with E-state index in [1.54, 1.807) is 6.08 Å². The Morgan fingerprint density at radius 2 is 1.93 bits per heavy atom. The minimum Gasteiger partial charge on any atom is -0.435 e. The number of hydrogen-bond donors (Lipinski definition) is 1. The fourth-order valence-electron chi connectivity index (χ4n) is 0.362. The van der Waals surface area contributed by atoms with Crippen molar-refractivity contribution in [1.29, 1.82) is 0 Å². The molecule has 0 unspecified atom stereocenters. The first-order valence-corrected chi connectivity index (χ1v) is 3.87. The summed E-state index contributed by atoms with van der Waals surface area (Å²) in [4.78, 5) is 20.0. The van der Waals surface area contributed by atoms with Gasteiger partial charge in [-0.2, -0.15) is 0 Å². The van der Waals surface area contributed by atoms with Crippen LogP contribution in [0.25, 0.3) is 0 Å². The zero-order valence-corrected chi connectivity index (χ0v) is 8.29. The highest BCUT2D eigenvalue weighted by Crippen LogP contribution is 1.70. The molecule has 0 aliphatic heterocycles. The normalized spacial score (nSPS) is 7.21. The minimum atomic E-state index is -0.329. The maximum Gasteiger partial charge on any atom is 0.307 e. The highest BCUT2D eigenvalue weighted by molar-refractivity contribution is 5.86. The molecule has 0 rings (SSSR count). The number of esters is 1. The Kier molecular flexibility index (Phi) is 11.7. The van der Waals surface area contributed by atoms with Crippen LogP contribution in [0.1, 0.15) is 6.92 Å². The van der Waals surface area contributed by atoms with Gasteiger partial charge in [0.05, 0.1) is 6.26 Å². The van der Waals surface area contributed by atoms with Gasteiger partial charge in [0, 0.05) is 13.5 Å². The van der Waals surface area contributed by atoms with E-state index < -0.39 is 0 Å². The standard InChI is InChI=1S/C6H9NO.C4H6O2/c1-3-5-7-6(8)4-2;1-3-6-4(2)5/h3-4H,1-2,5H2,(H,7,8);3H,1H2,2H3. The molecule has 0 atom stereocenters. The summed E-state index contributed by atoms with van der Waals surface area (Å²) in [6, 6.07) is 0. The lowest BCUT2D eigenvalue weighted by atomic mass is 10.5. The summed E-state index contributed by atoms with van der Waals surface area (Å²) in [6.07, 6.45) is 3.94. The molecule has 14 heavy (non-hydrogen) atoms. The van der Waals surface area contributed by atoms with Gasteiger partial charge in [0.2, 0.25) is 5.91 Å². The third-order valence-electron chi connectivity index (χ3n) is 0.855. The molecule has 0 heterocycles. The zero-order chi connectivity index (χ0) is 11.4. The van der Waals surface area contributed by atoms with Crippen molar-refractivity contribution in [3.8, 4) is 0 Å². The van der Waals surface area contributed by atoms with Gasteiger partial charge in [0.25, 0.3) is 0 Å². The van der Waals surface area contributed by atoms with Crippen LogP contribution in [0, 0.1) is 0 Å². The second kappa shape index (κ2) is 11.2. The topological polar surface area (TPSA) is 55.4 Å². The van der Waals surface area contributed by atoms with E-state index in [1.807, 2.05) is 0 Å². The number of carbonyl (C=O) groups is 2. The maximum absolute atomic E-state index is 10.3. The SMILES string of the molecule is C=CCNC(=O)C=C.C=COC(C)=O. The van der Waals surface area contributed by atoms with E-state index in [2.05, 4.69) is 29.8 Å². The molecule has 0 spiro atoms. The molecule has 0 fully saturated rings. The largest absolute Gasteiger partial charge is 0.435 e. The van der Waals surface area contributed by atoms with Crippen molar-refractivity contribution in [2.24, 2.45) is 0 Å². The Morgan fingerprint density at radius 3 is 2.14 bits per heavy atom. The fourth-order valence-corrected chi connectivity index (χ4v) is 0.362. The van der Waals surface area contributed by atoms with Crippen LogP contribution in [0.15, 0.2) is 38.2 Å². The molecule has 0 bridgehead atoms. The predicted octanol–water partition coefficient (Wildman–Crippen LogP) is 1.17. The van der Waals surface area contributed by atoms with Gasteiger partial charge in [-0.15, -0.1) is 6.58 Å². The molecule has 0 saturated carbocycles. The van der Waals surface area contributed by atoms with E-state index in [0.29, 0.717) is 6.54 Å². The van der Waals surface area contributed by atoms with Gasteiger partial charge in [-0.05, 0) is 6.08 Å². The molecule has 0 aromatic rings. The first-order chi connectivity index (χ1) is 6.58. The molecule has 0 radical (unpaired) electrons. The second-order valence-corrected chi connectivity index (χ2v) is 2.01. The van der Waals surface area contributed by atoms with E-state index in [1.165, 1.54) is 13.0 Å². The zero-order valence-electron chi connectivity index (χ0n) is 8.29. The van der Waals surface area contributed by atoms with Crippen molar-refractivity contribution in [3.63, 3.8) is 0 Å². The molecular formula is C10H15NO3. The first kappa shape index (κ1) is 14.7. The summed E-state index contributed by atoms with van der Waals surface area (Å²) < 4.78 is 4.17. The summed E-state index contributed by atoms with van der Waals surface area (Å²) in [7, 11) is 0. The molecule has 1 N–H and O–H groups in total. The number of ether oxygens (including phenoxy) is 1. The Morgan fingerprint density at radius 1 is 1.36 bits per heavy atom. The third kappa shape index (κ3) is 16.6. The quantitative estimate of drug-likeness (QED) is 0.318. The highest BCUT2D eigenvalue weighted by Gasteiger charge is 1.85. The summed E-state index contributed by atoms with van der Waals surface area (Å²) >= 11 is 0. The van der Waals surface area contributed by atoms with Crippen molar-refractivity contribution >= 4 is 11.9 Å². The summed E-state index contributed by atoms with van der Waals surface area (Å²) in [5.74, 6) is -0.491. The van der Waals surface area contributed by atoms with Gasteiger partial charge in [-0.25, -0.2) is 0 Å². The first-order valence-electron chi connectivity index (χ1n) is 3.87. The third-order valence-corrected chi connectivity index (χ3v) is 0.855. The number of carbonyl (C=O) groups excluding carboxylic acids is 2. The summed E-state index contributed by atoms with van der Waals surface area (Å²) in [5.41, 5.74) is 0. The van der Waals surface area contributed by atoms with Crippen LogP contribution in [0.5, 0.6) is 0 Å². The van der Waals surface area contributed by atoms with Crippen LogP contribution in [-0.4, -0.2) is 18.4 Å². The number of hydrogen-bond acceptors (Lipinski definition) is 3. The minimum absolute atomic E-state index is 0.162. The molecule has 4 nitrogen and oxygen atoms in total. The van der Waals surface area contributed by atoms with Crippen LogP contribution in [0.4, 0.5) is 0 Å². The molecular weight excluding hydrogens is 182 g/mol. The van der Waals surface area contributed by atoms with Gasteiger partial charge < -0.3 is 10.1 Å². The average molecular weight is 197 g/mol. The van der Waals surface area contributed by atoms with Gasteiger partial charge in [-0.1, -0.05) is 19.2 Å². The van der Waals surface area contributed by atoms with Crippen LogP contribution < -0.4 is 5.32 Å². The number of amides is 1. The Balaban J connectivity index is 0. The second-order valence-electron chi connectivity index (χ2n) is 2.01. The van der Waals surface area contributed by atoms with Crippen molar-refractivity contribution in [2.45, 2.75) is 6.92 Å². The molecule has 4 heteroatoms. The monoisotopic (exact) mass is 197 g/mol. The summed E-state index contributed by atoms with van der Waals surface area (Å²) in [6.45, 7) is 11.7. The molecule has 1 amide bonds. The smallest absolute Gasteiger partial charge is 0.307 e. The lowest BCUT2D eigenvalue weighted by Gasteiger charge is -1.91. The van der Waals surface area contributed by atoms with Crippen molar-refractivity contribution < 1.29 is 14.3 Å². The van der Waals surface area contributed by atoms with E-state index in [0.717, 1.165) is 6.26 Å². The average Bonchev–Trinajstić information content (AvgIpc) is 2.15. The van der Waals surface area contributed by atoms with Crippen molar-refractivity contribution in [2.75, 3.05) is 6.54 Å². The Bertz CT molecular complexity index is 221. The highest BCUT2D eigenvalue weighted by atomic mass is 16.5. The lowest BCUT2D eigenvalue weighted by molar-refractivity contribution is -0.135. The van der Waals surface area contributed by atoms with Crippen LogP contribution in [0.3, 0.4) is 0 Å². The number of nitrogens with one attached hydrogen (secondary N) is 1. The lowest BCUT2D eigenvalue weighted by Crippen LogP contribution is -2.19. The van der Waals surface area contributed by atoms with E-state index in [4.69, 9.17) is 0 Å². The molecule has 0 aliphatic carbocycles. The van der Waals surface area contributed by atoms with Gasteiger partial charge in [0.1, 0.15) is 0 Å². The molecule has 78 valence electrons. The molecule has 0 aliphatic rings. The molecule has 0 aromatic carbocycles. The molecule has 0 aromatic heterocycles.